The van der Waals surface area contributed by atoms with E-state index in [-0.39, 0.29) is 11.9 Å². The summed E-state index contributed by atoms with van der Waals surface area (Å²) in [7, 11) is 0. The summed E-state index contributed by atoms with van der Waals surface area (Å²) in [6.07, 6.45) is 3.92. The first kappa shape index (κ1) is 19.5. The number of nitrogens with one attached hydrogen (secondary N) is 1. The van der Waals surface area contributed by atoms with Crippen LogP contribution in [0.4, 0.5) is 15.8 Å². The highest BCUT2D eigenvalue weighted by Gasteiger charge is 2.24. The lowest BCUT2D eigenvalue weighted by Crippen LogP contribution is -2.38. The molecule has 152 valence electrons. The van der Waals surface area contributed by atoms with Gasteiger partial charge in [0.15, 0.2) is 0 Å². The van der Waals surface area contributed by atoms with Gasteiger partial charge in [-0.05, 0) is 44.2 Å². The number of aryl methyl sites for hydroxylation is 2. The molecule has 4 rings (SSSR count). The van der Waals surface area contributed by atoms with Crippen molar-refractivity contribution in [1.82, 2.24) is 19.7 Å². The van der Waals surface area contributed by atoms with E-state index in [1.807, 2.05) is 36.0 Å². The van der Waals surface area contributed by atoms with Gasteiger partial charge in [-0.25, -0.2) is 4.39 Å². The maximum atomic E-state index is 13.5. The lowest BCUT2D eigenvalue weighted by molar-refractivity contribution is -0.0350. The molecule has 29 heavy (non-hydrogen) atoms. The van der Waals surface area contributed by atoms with Crippen molar-refractivity contribution >= 4 is 11.4 Å². The number of benzene rings is 1. The number of halogens is 1. The summed E-state index contributed by atoms with van der Waals surface area (Å²) >= 11 is 0. The molecule has 3 heterocycles. The quantitative estimate of drug-likeness (QED) is 0.682. The molecule has 1 aliphatic rings. The van der Waals surface area contributed by atoms with Gasteiger partial charge < -0.3 is 10.1 Å². The third-order valence-corrected chi connectivity index (χ3v) is 4.98. The fourth-order valence-electron chi connectivity index (χ4n) is 3.61. The first-order valence-electron chi connectivity index (χ1n) is 9.95. The van der Waals surface area contributed by atoms with Gasteiger partial charge in [0.2, 0.25) is 0 Å². The summed E-state index contributed by atoms with van der Waals surface area (Å²) in [6, 6.07) is 10.4. The molecule has 0 radical (unpaired) electrons. The Morgan fingerprint density at radius 3 is 2.93 bits per heavy atom. The van der Waals surface area contributed by atoms with Crippen LogP contribution in [0.3, 0.4) is 0 Å². The Bertz CT molecular complexity index is 973. The number of ether oxygens (including phenoxy) is 1. The Balaban J connectivity index is 1.47. The Kier molecular flexibility index (Phi) is 5.87. The van der Waals surface area contributed by atoms with E-state index in [0.29, 0.717) is 12.3 Å². The molecule has 1 atom stereocenters. The Hall–Kier alpha value is -2.77. The van der Waals surface area contributed by atoms with Crippen LogP contribution in [0, 0.1) is 12.7 Å². The second-order valence-electron chi connectivity index (χ2n) is 7.36. The zero-order valence-electron chi connectivity index (χ0n) is 16.8. The highest BCUT2D eigenvalue weighted by Crippen LogP contribution is 2.26. The molecule has 3 aromatic rings. The van der Waals surface area contributed by atoms with Crippen molar-refractivity contribution in [2.24, 2.45) is 0 Å². The highest BCUT2D eigenvalue weighted by molar-refractivity contribution is 5.60. The second-order valence-corrected chi connectivity index (χ2v) is 7.36. The Morgan fingerprint density at radius 2 is 2.14 bits per heavy atom. The van der Waals surface area contributed by atoms with Gasteiger partial charge in [0, 0.05) is 55.0 Å². The van der Waals surface area contributed by atoms with Gasteiger partial charge >= 0.3 is 0 Å². The number of aromatic nitrogens is 3. The number of morpholine rings is 1. The van der Waals surface area contributed by atoms with Crippen molar-refractivity contribution in [2.45, 2.75) is 33.0 Å². The van der Waals surface area contributed by atoms with E-state index in [2.05, 4.69) is 28.4 Å². The maximum Gasteiger partial charge on any atom is 0.125 e. The lowest BCUT2D eigenvalue weighted by atomic mass is 10.1. The zero-order valence-corrected chi connectivity index (χ0v) is 16.8. The average Bonchev–Trinajstić information content (AvgIpc) is 3.15. The molecule has 6 nitrogen and oxygen atoms in total. The van der Waals surface area contributed by atoms with Gasteiger partial charge in [-0.2, -0.15) is 5.10 Å². The fourth-order valence-corrected chi connectivity index (χ4v) is 3.61. The normalized spacial score (nSPS) is 17.4. The molecular formula is C22H26FN5O. The van der Waals surface area contributed by atoms with Gasteiger partial charge in [0.1, 0.15) is 11.9 Å². The molecule has 1 unspecified atom stereocenters. The Morgan fingerprint density at radius 1 is 1.24 bits per heavy atom. The monoisotopic (exact) mass is 395 g/mol. The van der Waals surface area contributed by atoms with Crippen molar-refractivity contribution in [3.05, 3.63) is 71.6 Å². The summed E-state index contributed by atoms with van der Waals surface area (Å²) in [5.74, 6) is -0.265. The van der Waals surface area contributed by atoms with Gasteiger partial charge in [-0.15, -0.1) is 0 Å². The number of rotatable bonds is 6. The van der Waals surface area contributed by atoms with E-state index in [1.165, 1.54) is 17.7 Å². The third kappa shape index (κ3) is 4.99. The molecule has 1 fully saturated rings. The number of hydrogen-bond donors (Lipinski definition) is 1. The molecule has 1 aromatic carbocycles. The SMILES string of the molecule is CCn1cc(CN2CCOC(c3cc(Nc4cccc(F)c4)cc(C)n3)C2)cn1. The zero-order chi connectivity index (χ0) is 20.2. The third-order valence-electron chi connectivity index (χ3n) is 4.98. The summed E-state index contributed by atoms with van der Waals surface area (Å²) in [5, 5.41) is 7.62. The van der Waals surface area contributed by atoms with Crippen molar-refractivity contribution in [3.63, 3.8) is 0 Å². The van der Waals surface area contributed by atoms with E-state index < -0.39 is 0 Å². The molecule has 0 aliphatic carbocycles. The molecule has 1 saturated heterocycles. The minimum absolute atomic E-state index is 0.0991. The number of anilines is 2. The van der Waals surface area contributed by atoms with E-state index in [0.717, 1.165) is 43.3 Å². The van der Waals surface area contributed by atoms with Crippen molar-refractivity contribution in [1.29, 1.82) is 0 Å². The fraction of sp³-hybridized carbons (Fsp3) is 0.364. The van der Waals surface area contributed by atoms with Gasteiger partial charge in [0.05, 0.1) is 18.5 Å². The van der Waals surface area contributed by atoms with E-state index >= 15 is 0 Å². The van der Waals surface area contributed by atoms with E-state index in [9.17, 15) is 4.39 Å². The number of nitrogens with zero attached hydrogens (tertiary/aromatic N) is 4. The predicted molar refractivity (Wildman–Crippen MR) is 111 cm³/mol. The number of pyridine rings is 1. The summed E-state index contributed by atoms with van der Waals surface area (Å²) in [6.45, 7) is 8.08. The van der Waals surface area contributed by atoms with Crippen molar-refractivity contribution in [3.8, 4) is 0 Å². The molecule has 0 amide bonds. The van der Waals surface area contributed by atoms with Crippen LogP contribution in [0.2, 0.25) is 0 Å². The first-order chi connectivity index (χ1) is 14.1. The standard InChI is InChI=1S/C22H26FN5O/c1-3-28-14-17(12-24-28)13-27-7-8-29-22(15-27)21-11-20(9-16(2)25-21)26-19-6-4-5-18(23)10-19/h4-6,9-12,14,22H,3,7-8,13,15H2,1-2H3,(H,25,26). The maximum absolute atomic E-state index is 13.5. The minimum atomic E-state index is -0.265. The van der Waals surface area contributed by atoms with Crippen LogP contribution >= 0.6 is 0 Å². The smallest absolute Gasteiger partial charge is 0.125 e. The highest BCUT2D eigenvalue weighted by atomic mass is 19.1. The van der Waals surface area contributed by atoms with Crippen LogP contribution in [0.25, 0.3) is 0 Å². The molecule has 1 aliphatic heterocycles. The van der Waals surface area contributed by atoms with Crippen LogP contribution in [0.5, 0.6) is 0 Å². The second kappa shape index (κ2) is 8.71. The molecule has 7 heteroatoms. The average molecular weight is 395 g/mol. The summed E-state index contributed by atoms with van der Waals surface area (Å²) in [5.41, 5.74) is 4.58. The topological polar surface area (TPSA) is 55.2 Å². The first-order valence-corrected chi connectivity index (χ1v) is 9.95. The van der Waals surface area contributed by atoms with Gasteiger partial charge in [-0.3, -0.25) is 14.6 Å². The van der Waals surface area contributed by atoms with Crippen LogP contribution in [0.15, 0.2) is 48.8 Å². The van der Waals surface area contributed by atoms with Gasteiger partial charge in [-0.1, -0.05) is 6.07 Å². The predicted octanol–water partition coefficient (Wildman–Crippen LogP) is 4.06. The number of hydrogen-bond acceptors (Lipinski definition) is 5. The largest absolute Gasteiger partial charge is 0.369 e. The lowest BCUT2D eigenvalue weighted by Gasteiger charge is -2.32. The molecular weight excluding hydrogens is 369 g/mol. The van der Waals surface area contributed by atoms with Crippen molar-refractivity contribution in [2.75, 3.05) is 25.0 Å². The summed E-state index contributed by atoms with van der Waals surface area (Å²) in [4.78, 5) is 7.06. The van der Waals surface area contributed by atoms with Crippen molar-refractivity contribution < 1.29 is 9.13 Å². The molecule has 0 bridgehead atoms. The van der Waals surface area contributed by atoms with E-state index in [4.69, 9.17) is 9.72 Å². The van der Waals surface area contributed by atoms with Crippen LogP contribution < -0.4 is 5.32 Å². The van der Waals surface area contributed by atoms with E-state index in [1.54, 1.807) is 6.07 Å². The minimum Gasteiger partial charge on any atom is -0.369 e. The van der Waals surface area contributed by atoms with Crippen LogP contribution in [-0.2, 0) is 17.8 Å². The van der Waals surface area contributed by atoms with Crippen LogP contribution in [-0.4, -0.2) is 39.4 Å². The molecule has 0 spiro atoms. The van der Waals surface area contributed by atoms with Gasteiger partial charge in [0.25, 0.3) is 0 Å². The molecule has 2 aromatic heterocycles. The molecule has 0 saturated carbocycles. The summed E-state index contributed by atoms with van der Waals surface area (Å²) < 4.78 is 21.5. The van der Waals surface area contributed by atoms with Crippen LogP contribution in [0.1, 0.15) is 30.0 Å². The Labute approximate surface area is 170 Å². The molecule has 1 N–H and O–H groups in total.